The van der Waals surface area contributed by atoms with Crippen molar-refractivity contribution in [1.82, 2.24) is 4.98 Å². The van der Waals surface area contributed by atoms with Crippen LogP contribution in [0.2, 0.25) is 0 Å². The maximum absolute atomic E-state index is 10.6. The SMILES string of the molecule is COc1nc2c(cc1[N+](=O)[O-])C=NC2. The van der Waals surface area contributed by atoms with Crippen LogP contribution in [-0.4, -0.2) is 23.2 Å². The summed E-state index contributed by atoms with van der Waals surface area (Å²) in [5.41, 5.74) is 1.28. The Morgan fingerprint density at radius 2 is 2.43 bits per heavy atom. The lowest BCUT2D eigenvalue weighted by Gasteiger charge is -2.02. The van der Waals surface area contributed by atoms with Gasteiger partial charge in [-0.3, -0.25) is 15.1 Å². The first kappa shape index (κ1) is 8.61. The summed E-state index contributed by atoms with van der Waals surface area (Å²) in [7, 11) is 1.36. The Morgan fingerprint density at radius 3 is 3.07 bits per heavy atom. The molecule has 0 amide bonds. The van der Waals surface area contributed by atoms with Crippen molar-refractivity contribution >= 4 is 11.9 Å². The van der Waals surface area contributed by atoms with Gasteiger partial charge in [0.1, 0.15) is 0 Å². The van der Waals surface area contributed by atoms with E-state index in [1.165, 1.54) is 13.2 Å². The lowest BCUT2D eigenvalue weighted by molar-refractivity contribution is -0.386. The van der Waals surface area contributed by atoms with Gasteiger partial charge in [0.15, 0.2) is 0 Å². The maximum atomic E-state index is 10.6. The van der Waals surface area contributed by atoms with E-state index >= 15 is 0 Å². The highest BCUT2D eigenvalue weighted by Gasteiger charge is 2.21. The molecule has 0 spiro atoms. The van der Waals surface area contributed by atoms with Crippen LogP contribution in [0.5, 0.6) is 5.88 Å². The van der Waals surface area contributed by atoms with Crippen molar-refractivity contribution in [1.29, 1.82) is 0 Å². The molecule has 6 heteroatoms. The van der Waals surface area contributed by atoms with Gasteiger partial charge >= 0.3 is 5.69 Å². The van der Waals surface area contributed by atoms with Crippen LogP contribution >= 0.6 is 0 Å². The highest BCUT2D eigenvalue weighted by molar-refractivity contribution is 5.85. The fourth-order valence-corrected chi connectivity index (χ4v) is 1.29. The Morgan fingerprint density at radius 1 is 1.64 bits per heavy atom. The van der Waals surface area contributed by atoms with Crippen LogP contribution in [0.15, 0.2) is 11.1 Å². The molecule has 0 saturated heterocycles. The van der Waals surface area contributed by atoms with Crippen molar-refractivity contribution in [2.24, 2.45) is 4.99 Å². The van der Waals surface area contributed by atoms with E-state index in [0.717, 1.165) is 0 Å². The van der Waals surface area contributed by atoms with Crippen LogP contribution in [-0.2, 0) is 6.54 Å². The van der Waals surface area contributed by atoms with Crippen molar-refractivity contribution in [2.75, 3.05) is 7.11 Å². The molecule has 0 unspecified atom stereocenters. The summed E-state index contributed by atoms with van der Waals surface area (Å²) >= 11 is 0. The molecule has 0 atom stereocenters. The minimum Gasteiger partial charge on any atom is -0.476 e. The highest BCUT2D eigenvalue weighted by Crippen LogP contribution is 2.28. The summed E-state index contributed by atoms with van der Waals surface area (Å²) in [5, 5.41) is 10.6. The number of pyridine rings is 1. The number of fused-ring (bicyclic) bond motifs is 1. The Balaban J connectivity index is 2.58. The molecular formula is C8H7N3O3. The van der Waals surface area contributed by atoms with Crippen LogP contribution in [0.3, 0.4) is 0 Å². The third-order valence-corrected chi connectivity index (χ3v) is 1.94. The highest BCUT2D eigenvalue weighted by atomic mass is 16.6. The van der Waals surface area contributed by atoms with E-state index in [-0.39, 0.29) is 11.6 Å². The second kappa shape index (κ2) is 3.06. The minimum atomic E-state index is -0.516. The molecule has 1 aliphatic rings. The molecule has 1 aliphatic heterocycles. The lowest BCUT2D eigenvalue weighted by Crippen LogP contribution is -2.00. The average Bonchev–Trinajstić information content (AvgIpc) is 2.62. The number of methoxy groups -OCH3 is 1. The van der Waals surface area contributed by atoms with Gasteiger partial charge < -0.3 is 4.74 Å². The first-order valence-corrected chi connectivity index (χ1v) is 3.94. The molecule has 72 valence electrons. The number of rotatable bonds is 2. The van der Waals surface area contributed by atoms with E-state index in [4.69, 9.17) is 4.74 Å². The van der Waals surface area contributed by atoms with E-state index in [9.17, 15) is 10.1 Å². The third-order valence-electron chi connectivity index (χ3n) is 1.94. The van der Waals surface area contributed by atoms with Crippen molar-refractivity contribution in [3.05, 3.63) is 27.4 Å². The summed E-state index contributed by atoms with van der Waals surface area (Å²) in [6, 6.07) is 1.43. The number of hydrogen-bond donors (Lipinski definition) is 0. The van der Waals surface area contributed by atoms with Crippen molar-refractivity contribution in [3.8, 4) is 5.88 Å². The molecule has 0 bridgehead atoms. The van der Waals surface area contributed by atoms with Crippen molar-refractivity contribution in [3.63, 3.8) is 0 Å². The van der Waals surface area contributed by atoms with Crippen LogP contribution in [0.1, 0.15) is 11.3 Å². The zero-order chi connectivity index (χ0) is 10.1. The van der Waals surface area contributed by atoms with Gasteiger partial charge in [-0.1, -0.05) is 0 Å². The topological polar surface area (TPSA) is 77.6 Å². The molecule has 0 aromatic carbocycles. The predicted molar refractivity (Wildman–Crippen MR) is 48.7 cm³/mol. The molecule has 0 N–H and O–H groups in total. The molecule has 6 nitrogen and oxygen atoms in total. The maximum Gasteiger partial charge on any atom is 0.331 e. The smallest absolute Gasteiger partial charge is 0.331 e. The molecule has 2 heterocycles. The standard InChI is InChI=1S/C8H7N3O3/c1-14-8-7(11(12)13)2-5-3-9-4-6(5)10-8/h2-3H,4H2,1H3. The van der Waals surface area contributed by atoms with E-state index in [1.807, 2.05) is 0 Å². The molecule has 14 heavy (non-hydrogen) atoms. The lowest BCUT2D eigenvalue weighted by atomic mass is 10.2. The second-order valence-electron chi connectivity index (χ2n) is 2.78. The third kappa shape index (κ3) is 1.20. The Bertz CT molecular complexity index is 428. The molecule has 2 rings (SSSR count). The average molecular weight is 193 g/mol. The van der Waals surface area contributed by atoms with Gasteiger partial charge in [-0.15, -0.1) is 0 Å². The summed E-state index contributed by atoms with van der Waals surface area (Å²) < 4.78 is 4.82. The second-order valence-corrected chi connectivity index (χ2v) is 2.78. The van der Waals surface area contributed by atoms with E-state index in [1.54, 1.807) is 6.21 Å². The number of nitro groups is 1. The van der Waals surface area contributed by atoms with Crippen LogP contribution in [0.4, 0.5) is 5.69 Å². The Labute approximate surface area is 79.4 Å². The molecule has 0 saturated carbocycles. The van der Waals surface area contributed by atoms with Gasteiger partial charge in [-0.05, 0) is 0 Å². The number of hydrogen-bond acceptors (Lipinski definition) is 5. The first-order valence-electron chi connectivity index (χ1n) is 3.94. The van der Waals surface area contributed by atoms with E-state index in [0.29, 0.717) is 17.8 Å². The fraction of sp³-hybridized carbons (Fsp3) is 0.250. The van der Waals surface area contributed by atoms with Gasteiger partial charge in [0, 0.05) is 17.8 Å². The van der Waals surface area contributed by atoms with Gasteiger partial charge in [-0.25, -0.2) is 4.98 Å². The number of aliphatic imine (C=N–C) groups is 1. The predicted octanol–water partition coefficient (Wildman–Crippen LogP) is 0.931. The van der Waals surface area contributed by atoms with Crippen molar-refractivity contribution in [2.45, 2.75) is 6.54 Å². The summed E-state index contributed by atoms with van der Waals surface area (Å²) in [5.74, 6) is 0.0410. The van der Waals surface area contributed by atoms with Gasteiger partial charge in [0.25, 0.3) is 5.88 Å². The van der Waals surface area contributed by atoms with E-state index < -0.39 is 4.92 Å². The number of ether oxygens (including phenoxy) is 1. The van der Waals surface area contributed by atoms with Crippen LogP contribution in [0, 0.1) is 10.1 Å². The quantitative estimate of drug-likeness (QED) is 0.517. The van der Waals surface area contributed by atoms with Crippen molar-refractivity contribution < 1.29 is 9.66 Å². The summed E-state index contributed by atoms with van der Waals surface area (Å²) in [4.78, 5) is 18.1. The molecule has 1 aromatic rings. The van der Waals surface area contributed by atoms with E-state index in [2.05, 4.69) is 9.98 Å². The summed E-state index contributed by atoms with van der Waals surface area (Å²) in [6.07, 6.45) is 1.58. The minimum absolute atomic E-state index is 0.0410. The molecule has 0 fully saturated rings. The zero-order valence-corrected chi connectivity index (χ0v) is 7.43. The summed E-state index contributed by atoms with van der Waals surface area (Å²) in [6.45, 7) is 0.462. The number of nitrogens with zero attached hydrogens (tertiary/aromatic N) is 3. The molecule has 0 radical (unpaired) electrons. The molecule has 0 aliphatic carbocycles. The van der Waals surface area contributed by atoms with Gasteiger partial charge in [0.05, 0.1) is 24.3 Å². The molecule has 1 aromatic heterocycles. The van der Waals surface area contributed by atoms with Crippen LogP contribution in [0.25, 0.3) is 0 Å². The fourth-order valence-electron chi connectivity index (χ4n) is 1.29. The first-order chi connectivity index (χ1) is 6.72. The number of aromatic nitrogens is 1. The zero-order valence-electron chi connectivity index (χ0n) is 7.43. The Kier molecular flexibility index (Phi) is 1.88. The van der Waals surface area contributed by atoms with Crippen LogP contribution < -0.4 is 4.74 Å². The Hall–Kier alpha value is -1.98. The normalized spacial score (nSPS) is 12.6. The van der Waals surface area contributed by atoms with Gasteiger partial charge in [-0.2, -0.15) is 0 Å². The molecular weight excluding hydrogens is 186 g/mol. The monoisotopic (exact) mass is 193 g/mol. The largest absolute Gasteiger partial charge is 0.476 e. The van der Waals surface area contributed by atoms with Gasteiger partial charge in [0.2, 0.25) is 0 Å².